The molecule has 0 saturated heterocycles. The number of imidazole rings is 1. The minimum absolute atomic E-state index is 0.000139. The predicted octanol–water partition coefficient (Wildman–Crippen LogP) is 2.15. The van der Waals surface area contributed by atoms with Crippen LogP contribution in [0.5, 0.6) is 0 Å². The number of aryl methyl sites for hydroxylation is 1. The van der Waals surface area contributed by atoms with E-state index >= 15 is 0 Å². The molecule has 0 aliphatic heterocycles. The van der Waals surface area contributed by atoms with Gasteiger partial charge in [0.2, 0.25) is 5.91 Å². The fraction of sp³-hybridized carbons (Fsp3) is 0.529. The first-order valence-corrected chi connectivity index (χ1v) is 9.09. The van der Waals surface area contributed by atoms with Crippen LogP contribution in [0.25, 0.3) is 5.65 Å². The Kier molecular flexibility index (Phi) is 4.64. The Hall–Kier alpha value is -1.53. The lowest BCUT2D eigenvalue weighted by Crippen LogP contribution is -2.51. The van der Waals surface area contributed by atoms with Gasteiger partial charge in [-0.2, -0.15) is 0 Å². The molecule has 1 atom stereocenters. The van der Waals surface area contributed by atoms with E-state index < -0.39 is 5.54 Å². The van der Waals surface area contributed by atoms with Gasteiger partial charge in [0.15, 0.2) is 0 Å². The third-order valence-electron chi connectivity index (χ3n) is 4.36. The Labute approximate surface area is 140 Å². The van der Waals surface area contributed by atoms with Gasteiger partial charge in [0.25, 0.3) is 0 Å². The molecule has 1 aliphatic rings. The smallest absolute Gasteiger partial charge is 0.230 e. The molecule has 0 spiro atoms. The summed E-state index contributed by atoms with van der Waals surface area (Å²) >= 11 is 1.55. The summed E-state index contributed by atoms with van der Waals surface area (Å²) in [7, 11) is 0. The highest BCUT2D eigenvalue weighted by Crippen LogP contribution is 2.39. The Bertz CT molecular complexity index is 711. The summed E-state index contributed by atoms with van der Waals surface area (Å²) in [5, 5.41) is 12.5. The normalized spacial score (nSPS) is 17.2. The molecule has 0 bridgehead atoms. The molecular weight excluding hydrogens is 310 g/mol. The van der Waals surface area contributed by atoms with Gasteiger partial charge in [-0.05, 0) is 44.2 Å². The highest BCUT2D eigenvalue weighted by atomic mass is 32.2. The van der Waals surface area contributed by atoms with Gasteiger partial charge in [0.05, 0.1) is 23.6 Å². The van der Waals surface area contributed by atoms with Gasteiger partial charge in [-0.3, -0.25) is 4.79 Å². The van der Waals surface area contributed by atoms with E-state index in [1.54, 1.807) is 11.8 Å². The van der Waals surface area contributed by atoms with Gasteiger partial charge in [-0.25, -0.2) is 4.98 Å². The molecule has 2 aromatic heterocycles. The molecule has 1 unspecified atom stereocenters. The van der Waals surface area contributed by atoms with Crippen LogP contribution in [0.1, 0.15) is 31.0 Å². The molecule has 23 heavy (non-hydrogen) atoms. The third-order valence-corrected chi connectivity index (χ3v) is 5.33. The summed E-state index contributed by atoms with van der Waals surface area (Å²) in [6.45, 7) is 3.98. The standard InChI is InChI=1S/C17H23N3O2S/c1-12-3-6-15-18-14(8-20(15)7-12)9-23-10-16(22)19-17(2,11-21)13-4-5-13/h3,6-8,13,21H,4-5,9-11H2,1-2H3,(H,19,22). The first-order chi connectivity index (χ1) is 11.0. The summed E-state index contributed by atoms with van der Waals surface area (Å²) in [5.74, 6) is 1.49. The second-order valence-electron chi connectivity index (χ2n) is 6.59. The van der Waals surface area contributed by atoms with Crippen molar-refractivity contribution in [2.75, 3.05) is 12.4 Å². The number of aliphatic hydroxyl groups is 1. The number of aliphatic hydroxyl groups excluding tert-OH is 1. The van der Waals surface area contributed by atoms with Crippen LogP contribution in [0.4, 0.5) is 0 Å². The fourth-order valence-corrected chi connectivity index (χ4v) is 3.53. The van der Waals surface area contributed by atoms with E-state index in [1.165, 1.54) is 5.56 Å². The molecule has 1 amide bonds. The number of fused-ring (bicyclic) bond motifs is 1. The number of carbonyl (C=O) groups excluding carboxylic acids is 1. The minimum Gasteiger partial charge on any atom is -0.394 e. The van der Waals surface area contributed by atoms with E-state index in [-0.39, 0.29) is 12.5 Å². The molecule has 2 aromatic rings. The van der Waals surface area contributed by atoms with Gasteiger partial charge in [-0.1, -0.05) is 6.07 Å². The number of nitrogens with zero attached hydrogens (tertiary/aromatic N) is 2. The van der Waals surface area contributed by atoms with Crippen molar-refractivity contribution in [2.45, 2.75) is 38.0 Å². The van der Waals surface area contributed by atoms with Gasteiger partial charge in [-0.15, -0.1) is 11.8 Å². The first kappa shape index (κ1) is 16.3. The van der Waals surface area contributed by atoms with E-state index in [0.29, 0.717) is 17.4 Å². The van der Waals surface area contributed by atoms with Crippen molar-refractivity contribution in [3.8, 4) is 0 Å². The number of thioether (sulfide) groups is 1. The molecule has 1 fully saturated rings. The number of rotatable bonds is 7. The Morgan fingerprint density at radius 1 is 1.48 bits per heavy atom. The van der Waals surface area contributed by atoms with Crippen LogP contribution < -0.4 is 5.32 Å². The molecule has 0 radical (unpaired) electrons. The van der Waals surface area contributed by atoms with Gasteiger partial charge in [0, 0.05) is 18.1 Å². The molecule has 124 valence electrons. The highest BCUT2D eigenvalue weighted by Gasteiger charge is 2.41. The van der Waals surface area contributed by atoms with E-state index in [2.05, 4.69) is 17.2 Å². The van der Waals surface area contributed by atoms with Crippen molar-refractivity contribution in [1.82, 2.24) is 14.7 Å². The van der Waals surface area contributed by atoms with E-state index in [9.17, 15) is 9.90 Å². The van der Waals surface area contributed by atoms with Crippen LogP contribution in [0, 0.1) is 12.8 Å². The molecule has 2 N–H and O–H groups in total. The molecule has 5 nitrogen and oxygen atoms in total. The maximum absolute atomic E-state index is 12.1. The number of hydrogen-bond donors (Lipinski definition) is 2. The monoisotopic (exact) mass is 333 g/mol. The fourth-order valence-electron chi connectivity index (χ4n) is 2.82. The SMILES string of the molecule is Cc1ccc2nc(CSCC(=O)NC(C)(CO)C3CC3)cn2c1. The summed E-state index contributed by atoms with van der Waals surface area (Å²) in [6, 6.07) is 4.04. The second kappa shape index (κ2) is 6.53. The molecular formula is C17H23N3O2S. The Morgan fingerprint density at radius 2 is 2.26 bits per heavy atom. The summed E-state index contributed by atoms with van der Waals surface area (Å²) in [6.07, 6.45) is 6.23. The molecule has 0 aromatic carbocycles. The van der Waals surface area contributed by atoms with E-state index in [1.807, 2.05) is 35.9 Å². The summed E-state index contributed by atoms with van der Waals surface area (Å²) in [4.78, 5) is 16.6. The van der Waals surface area contributed by atoms with Crippen molar-refractivity contribution in [2.24, 2.45) is 5.92 Å². The lowest BCUT2D eigenvalue weighted by atomic mass is 9.97. The topological polar surface area (TPSA) is 66.6 Å². The van der Waals surface area contributed by atoms with Crippen molar-refractivity contribution in [1.29, 1.82) is 0 Å². The van der Waals surface area contributed by atoms with Crippen LogP contribution in [0.15, 0.2) is 24.5 Å². The van der Waals surface area contributed by atoms with Gasteiger partial charge in [0.1, 0.15) is 5.65 Å². The lowest BCUT2D eigenvalue weighted by molar-refractivity contribution is -0.121. The average Bonchev–Trinajstić information content (AvgIpc) is 3.29. The first-order valence-electron chi connectivity index (χ1n) is 7.94. The van der Waals surface area contributed by atoms with E-state index in [0.717, 1.165) is 24.2 Å². The van der Waals surface area contributed by atoms with Crippen LogP contribution in [-0.2, 0) is 10.5 Å². The zero-order valence-corrected chi connectivity index (χ0v) is 14.4. The number of amides is 1. The van der Waals surface area contributed by atoms with Crippen molar-refractivity contribution in [3.63, 3.8) is 0 Å². The summed E-state index contributed by atoms with van der Waals surface area (Å²) in [5.41, 5.74) is 2.63. The van der Waals surface area contributed by atoms with Crippen molar-refractivity contribution < 1.29 is 9.90 Å². The maximum Gasteiger partial charge on any atom is 0.230 e. The average molecular weight is 333 g/mol. The van der Waals surface area contributed by atoms with Crippen molar-refractivity contribution >= 4 is 23.3 Å². The van der Waals surface area contributed by atoms with Crippen LogP contribution in [0.2, 0.25) is 0 Å². The predicted molar refractivity (Wildman–Crippen MR) is 92.4 cm³/mol. The van der Waals surface area contributed by atoms with Gasteiger partial charge >= 0.3 is 0 Å². The highest BCUT2D eigenvalue weighted by molar-refractivity contribution is 7.99. The van der Waals surface area contributed by atoms with Crippen molar-refractivity contribution in [3.05, 3.63) is 35.8 Å². The molecule has 2 heterocycles. The molecule has 1 aliphatic carbocycles. The zero-order chi connectivity index (χ0) is 16.4. The second-order valence-corrected chi connectivity index (χ2v) is 7.58. The van der Waals surface area contributed by atoms with Crippen LogP contribution in [0.3, 0.4) is 0 Å². The third kappa shape index (κ3) is 3.87. The number of carbonyl (C=O) groups is 1. The number of hydrogen-bond acceptors (Lipinski definition) is 4. The number of nitrogens with one attached hydrogen (secondary N) is 1. The van der Waals surface area contributed by atoms with E-state index in [4.69, 9.17) is 0 Å². The minimum atomic E-state index is -0.460. The molecule has 6 heteroatoms. The molecule has 1 saturated carbocycles. The Morgan fingerprint density at radius 3 is 2.96 bits per heavy atom. The Balaban J connectivity index is 1.51. The number of pyridine rings is 1. The number of aromatic nitrogens is 2. The largest absolute Gasteiger partial charge is 0.394 e. The quantitative estimate of drug-likeness (QED) is 0.815. The lowest BCUT2D eigenvalue weighted by Gasteiger charge is -2.28. The maximum atomic E-state index is 12.1. The van der Waals surface area contributed by atoms with Gasteiger partial charge < -0.3 is 14.8 Å². The van der Waals surface area contributed by atoms with Crippen LogP contribution >= 0.6 is 11.8 Å². The molecule has 3 rings (SSSR count). The van der Waals surface area contributed by atoms with Crippen LogP contribution in [-0.4, -0.2) is 38.3 Å². The zero-order valence-electron chi connectivity index (χ0n) is 13.6. The summed E-state index contributed by atoms with van der Waals surface area (Å²) < 4.78 is 2.02.